The molecule has 0 unspecified atom stereocenters. The van der Waals surface area contributed by atoms with Crippen molar-refractivity contribution in [1.82, 2.24) is 0 Å². The van der Waals surface area contributed by atoms with E-state index in [9.17, 15) is 25.0 Å². The molecule has 0 radical (unpaired) electrons. The third-order valence-corrected chi connectivity index (χ3v) is 1.93. The van der Waals surface area contributed by atoms with E-state index in [1.807, 2.05) is 0 Å². The van der Waals surface area contributed by atoms with Crippen molar-refractivity contribution in [3.63, 3.8) is 0 Å². The summed E-state index contributed by atoms with van der Waals surface area (Å²) in [6, 6.07) is 7.66. The molecular weight excluding hydrogens is 256 g/mol. The predicted octanol–water partition coefficient (Wildman–Crippen LogP) is 2.60. The summed E-state index contributed by atoms with van der Waals surface area (Å²) in [6.45, 7) is 0. The number of hydrogen-bond acceptors (Lipinski definition) is 6. The van der Waals surface area contributed by atoms with Gasteiger partial charge in [-0.3, -0.25) is 25.0 Å². The van der Waals surface area contributed by atoms with E-state index in [0.29, 0.717) is 12.0 Å². The first-order valence-electron chi connectivity index (χ1n) is 4.92. The van der Waals surface area contributed by atoms with Crippen LogP contribution in [0.4, 0.5) is 11.4 Å². The van der Waals surface area contributed by atoms with Gasteiger partial charge in [0.15, 0.2) is 12.0 Å². The van der Waals surface area contributed by atoms with Crippen molar-refractivity contribution >= 4 is 17.7 Å². The van der Waals surface area contributed by atoms with E-state index >= 15 is 0 Å². The van der Waals surface area contributed by atoms with Gasteiger partial charge in [0.2, 0.25) is 0 Å². The van der Waals surface area contributed by atoms with Crippen LogP contribution in [0.15, 0.2) is 47.1 Å². The van der Waals surface area contributed by atoms with Gasteiger partial charge in [0.25, 0.3) is 11.4 Å². The van der Waals surface area contributed by atoms with Crippen LogP contribution in [0.3, 0.4) is 0 Å². The number of nitro groups is 2. The first kappa shape index (κ1) is 14.0. The zero-order valence-corrected chi connectivity index (χ0v) is 9.46. The molecule has 0 atom stereocenters. The molecule has 0 aliphatic heterocycles. The summed E-state index contributed by atoms with van der Waals surface area (Å²) in [6.07, 6.45) is 2.13. The fourth-order valence-electron chi connectivity index (χ4n) is 1.05. The molecule has 2 aromatic rings. The lowest BCUT2D eigenvalue weighted by molar-refractivity contribution is -0.389. The largest absolute Gasteiger partial charge is 0.462 e. The molecule has 0 amide bonds. The minimum atomic E-state index is -0.607. The first-order valence-corrected chi connectivity index (χ1v) is 4.92. The summed E-state index contributed by atoms with van der Waals surface area (Å²) >= 11 is 0. The van der Waals surface area contributed by atoms with Crippen molar-refractivity contribution in [2.75, 3.05) is 0 Å². The Balaban J connectivity index is 0.000000218. The Labute approximate surface area is 106 Å². The summed E-state index contributed by atoms with van der Waals surface area (Å²) in [5, 5.41) is 20.2. The molecule has 19 heavy (non-hydrogen) atoms. The summed E-state index contributed by atoms with van der Waals surface area (Å²) < 4.78 is 4.61. The maximum absolute atomic E-state index is 10.1. The van der Waals surface area contributed by atoms with Crippen molar-refractivity contribution in [2.24, 2.45) is 0 Å². The van der Waals surface area contributed by atoms with Crippen molar-refractivity contribution in [3.05, 3.63) is 68.7 Å². The smallest absolute Gasteiger partial charge is 0.269 e. The van der Waals surface area contributed by atoms with E-state index in [0.717, 1.165) is 24.3 Å². The molecular formula is C11H8N2O6. The number of carbonyl (C=O) groups is 1. The van der Waals surface area contributed by atoms with Crippen molar-refractivity contribution in [1.29, 1.82) is 0 Å². The minimum Gasteiger partial charge on any atom is -0.462 e. The second kappa shape index (κ2) is 6.64. The molecule has 8 nitrogen and oxygen atoms in total. The molecule has 2 rings (SSSR count). The average Bonchev–Trinajstić information content (AvgIpc) is 2.92. The summed E-state index contributed by atoms with van der Waals surface area (Å²) in [7, 11) is 0. The Bertz CT molecular complexity index is 528. The van der Waals surface area contributed by atoms with Crippen molar-refractivity contribution in [2.45, 2.75) is 0 Å². The summed E-state index contributed by atoms with van der Waals surface area (Å²) in [5.74, 6) is 0.375. The molecule has 1 aromatic heterocycles. The second-order valence-corrected chi connectivity index (χ2v) is 3.16. The standard InChI is InChI=1S/C6H4N2O4.C5H4O2/c9-7(10)5-1-2-6(4-3-5)8(11)12;6-4-5-2-1-3-7-5/h1-4H;1-4H. The van der Waals surface area contributed by atoms with E-state index in [4.69, 9.17) is 0 Å². The molecule has 0 fully saturated rings. The SMILES string of the molecule is O=Cc1ccco1.O=[N+]([O-])c1ccc([N+](=O)[O-])cc1. The lowest BCUT2D eigenvalue weighted by atomic mass is 10.3. The third kappa shape index (κ3) is 4.38. The highest BCUT2D eigenvalue weighted by Gasteiger charge is 2.08. The van der Waals surface area contributed by atoms with Crippen LogP contribution in [0.2, 0.25) is 0 Å². The number of nitrogens with zero attached hydrogens (tertiary/aromatic N) is 2. The van der Waals surface area contributed by atoms with Gasteiger partial charge in [-0.2, -0.15) is 0 Å². The number of aldehydes is 1. The molecule has 98 valence electrons. The molecule has 0 spiro atoms. The molecule has 0 saturated carbocycles. The maximum atomic E-state index is 10.1. The quantitative estimate of drug-likeness (QED) is 0.477. The van der Waals surface area contributed by atoms with Crippen LogP contribution < -0.4 is 0 Å². The highest BCUT2D eigenvalue weighted by Crippen LogP contribution is 2.16. The molecule has 0 bridgehead atoms. The van der Waals surface area contributed by atoms with Gasteiger partial charge in [0, 0.05) is 24.3 Å². The number of non-ortho nitro benzene ring substituents is 2. The fourth-order valence-corrected chi connectivity index (χ4v) is 1.05. The lowest BCUT2D eigenvalue weighted by Gasteiger charge is -1.90. The molecule has 0 aliphatic carbocycles. The molecule has 1 heterocycles. The number of rotatable bonds is 3. The van der Waals surface area contributed by atoms with E-state index in [1.54, 1.807) is 12.1 Å². The van der Waals surface area contributed by atoms with Gasteiger partial charge in [0.1, 0.15) is 0 Å². The molecule has 0 N–H and O–H groups in total. The van der Waals surface area contributed by atoms with Gasteiger partial charge in [-0.15, -0.1) is 0 Å². The Morgan fingerprint density at radius 1 is 0.947 bits per heavy atom. The van der Waals surface area contributed by atoms with Crippen LogP contribution in [0.5, 0.6) is 0 Å². The fraction of sp³-hybridized carbons (Fsp3) is 0. The normalized spacial score (nSPS) is 9.05. The van der Waals surface area contributed by atoms with Crippen LogP contribution in [0, 0.1) is 20.2 Å². The molecule has 0 aliphatic rings. The minimum absolute atomic E-state index is 0.152. The first-order chi connectivity index (χ1) is 9.04. The Morgan fingerprint density at radius 2 is 1.42 bits per heavy atom. The van der Waals surface area contributed by atoms with E-state index in [1.165, 1.54) is 6.26 Å². The number of furan rings is 1. The van der Waals surface area contributed by atoms with Crippen molar-refractivity contribution in [3.8, 4) is 0 Å². The second-order valence-electron chi connectivity index (χ2n) is 3.16. The van der Waals surface area contributed by atoms with Crippen LogP contribution >= 0.6 is 0 Å². The third-order valence-electron chi connectivity index (χ3n) is 1.93. The topological polar surface area (TPSA) is 116 Å². The van der Waals surface area contributed by atoms with Gasteiger partial charge in [-0.1, -0.05) is 0 Å². The number of benzene rings is 1. The summed E-state index contributed by atoms with van der Waals surface area (Å²) in [5.41, 5.74) is -0.304. The van der Waals surface area contributed by atoms with Crippen molar-refractivity contribution < 1.29 is 19.1 Å². The van der Waals surface area contributed by atoms with E-state index < -0.39 is 9.85 Å². The monoisotopic (exact) mass is 264 g/mol. The van der Waals surface area contributed by atoms with Gasteiger partial charge < -0.3 is 4.42 Å². The number of nitro benzene ring substituents is 2. The van der Waals surface area contributed by atoms with Crippen LogP contribution in [0.25, 0.3) is 0 Å². The Morgan fingerprint density at radius 3 is 1.63 bits per heavy atom. The van der Waals surface area contributed by atoms with Gasteiger partial charge in [-0.25, -0.2) is 0 Å². The average molecular weight is 264 g/mol. The predicted molar refractivity (Wildman–Crippen MR) is 63.8 cm³/mol. The van der Waals surface area contributed by atoms with Crippen LogP contribution in [-0.4, -0.2) is 16.1 Å². The zero-order chi connectivity index (χ0) is 14.3. The highest BCUT2D eigenvalue weighted by atomic mass is 16.6. The highest BCUT2D eigenvalue weighted by molar-refractivity contribution is 5.69. The lowest BCUT2D eigenvalue weighted by Crippen LogP contribution is -1.90. The van der Waals surface area contributed by atoms with E-state index in [-0.39, 0.29) is 11.4 Å². The number of carbonyl (C=O) groups excluding carboxylic acids is 1. The van der Waals surface area contributed by atoms with Gasteiger partial charge in [0.05, 0.1) is 16.1 Å². The van der Waals surface area contributed by atoms with Crippen LogP contribution in [0.1, 0.15) is 10.6 Å². The molecule has 1 aromatic carbocycles. The van der Waals surface area contributed by atoms with Crippen LogP contribution in [-0.2, 0) is 0 Å². The maximum Gasteiger partial charge on any atom is 0.269 e. The Kier molecular flexibility index (Phi) is 4.91. The number of hydrogen-bond donors (Lipinski definition) is 0. The zero-order valence-electron chi connectivity index (χ0n) is 9.46. The summed E-state index contributed by atoms with van der Waals surface area (Å²) in [4.78, 5) is 28.8. The molecule has 8 heteroatoms. The van der Waals surface area contributed by atoms with Gasteiger partial charge in [-0.05, 0) is 12.1 Å². The van der Waals surface area contributed by atoms with E-state index in [2.05, 4.69) is 4.42 Å². The Hall–Kier alpha value is -3.03. The van der Waals surface area contributed by atoms with Gasteiger partial charge >= 0.3 is 0 Å². The molecule has 0 saturated heterocycles.